The summed E-state index contributed by atoms with van der Waals surface area (Å²) in [6, 6.07) is 10.1. The van der Waals surface area contributed by atoms with Gasteiger partial charge in [-0.2, -0.15) is 4.58 Å². The van der Waals surface area contributed by atoms with Gasteiger partial charge in [-0.25, -0.2) is 0 Å². The second-order valence-corrected chi connectivity index (χ2v) is 6.18. The minimum absolute atomic E-state index is 0.413. The standard InChI is InChI=1S/C20H24NO4/c1-13(2)15-7-6-8-16-19(15)25-12-21(16)11-14-9-17(22-3)20(24-5)18(10-14)23-4/h6-11,13H,12H2,1-5H3/q+1/b21-11-. The predicted molar refractivity (Wildman–Crippen MR) is 97.2 cm³/mol. The Morgan fingerprint density at radius 2 is 1.72 bits per heavy atom. The molecule has 0 saturated carbocycles. The van der Waals surface area contributed by atoms with E-state index in [1.54, 1.807) is 21.3 Å². The van der Waals surface area contributed by atoms with E-state index in [2.05, 4.69) is 36.6 Å². The number of rotatable bonds is 5. The van der Waals surface area contributed by atoms with Gasteiger partial charge in [0.15, 0.2) is 17.7 Å². The van der Waals surface area contributed by atoms with Gasteiger partial charge in [0.2, 0.25) is 11.5 Å². The zero-order valence-corrected chi connectivity index (χ0v) is 15.3. The van der Waals surface area contributed by atoms with E-state index >= 15 is 0 Å². The van der Waals surface area contributed by atoms with Gasteiger partial charge in [-0.15, -0.1) is 0 Å². The largest absolute Gasteiger partial charge is 0.493 e. The summed E-state index contributed by atoms with van der Waals surface area (Å²) in [6.45, 7) is 4.82. The van der Waals surface area contributed by atoms with Gasteiger partial charge in [-0.3, -0.25) is 0 Å². The smallest absolute Gasteiger partial charge is 0.293 e. The number of methoxy groups -OCH3 is 3. The quantitative estimate of drug-likeness (QED) is 0.772. The van der Waals surface area contributed by atoms with Gasteiger partial charge in [0.05, 0.1) is 21.3 Å². The third kappa shape index (κ3) is 3.14. The van der Waals surface area contributed by atoms with Crippen molar-refractivity contribution in [1.82, 2.24) is 0 Å². The molecule has 0 bridgehead atoms. The second-order valence-electron chi connectivity index (χ2n) is 6.18. The van der Waals surface area contributed by atoms with Crippen LogP contribution in [-0.2, 0) is 0 Å². The molecule has 0 atom stereocenters. The summed E-state index contributed by atoms with van der Waals surface area (Å²) in [6.07, 6.45) is 2.03. The zero-order chi connectivity index (χ0) is 18.0. The van der Waals surface area contributed by atoms with E-state index < -0.39 is 0 Å². The van der Waals surface area contributed by atoms with E-state index in [4.69, 9.17) is 18.9 Å². The first kappa shape index (κ1) is 17.1. The highest BCUT2D eigenvalue weighted by Gasteiger charge is 2.28. The normalized spacial score (nSPS) is 14.4. The molecule has 1 aliphatic heterocycles. The molecule has 0 N–H and O–H groups in total. The highest BCUT2D eigenvalue weighted by Crippen LogP contribution is 2.40. The monoisotopic (exact) mass is 342 g/mol. The van der Waals surface area contributed by atoms with Gasteiger partial charge in [-0.1, -0.05) is 26.0 Å². The van der Waals surface area contributed by atoms with Crippen LogP contribution >= 0.6 is 0 Å². The topological polar surface area (TPSA) is 39.9 Å². The Labute approximate surface area is 148 Å². The predicted octanol–water partition coefficient (Wildman–Crippen LogP) is 3.95. The first-order valence-electron chi connectivity index (χ1n) is 8.26. The third-order valence-corrected chi connectivity index (χ3v) is 4.30. The van der Waals surface area contributed by atoms with Crippen molar-refractivity contribution in [2.45, 2.75) is 19.8 Å². The summed E-state index contributed by atoms with van der Waals surface area (Å²) in [5, 5.41) is 0. The van der Waals surface area contributed by atoms with Crippen molar-refractivity contribution in [3.8, 4) is 23.0 Å². The molecule has 5 nitrogen and oxygen atoms in total. The molecule has 0 amide bonds. The fourth-order valence-corrected chi connectivity index (χ4v) is 3.05. The third-order valence-electron chi connectivity index (χ3n) is 4.30. The van der Waals surface area contributed by atoms with Crippen LogP contribution in [0.5, 0.6) is 23.0 Å². The maximum atomic E-state index is 5.94. The Bertz CT molecular complexity index is 786. The number of benzene rings is 2. The van der Waals surface area contributed by atoms with Gasteiger partial charge >= 0.3 is 0 Å². The van der Waals surface area contributed by atoms with Crippen molar-refractivity contribution in [3.63, 3.8) is 0 Å². The van der Waals surface area contributed by atoms with Crippen LogP contribution in [0, 0.1) is 0 Å². The Morgan fingerprint density at radius 1 is 1.04 bits per heavy atom. The van der Waals surface area contributed by atoms with Crippen molar-refractivity contribution in [2.24, 2.45) is 0 Å². The minimum Gasteiger partial charge on any atom is -0.493 e. The van der Waals surface area contributed by atoms with E-state index in [0.717, 1.165) is 17.0 Å². The average Bonchev–Trinajstić information content (AvgIpc) is 3.03. The zero-order valence-electron chi connectivity index (χ0n) is 15.3. The van der Waals surface area contributed by atoms with E-state index in [-0.39, 0.29) is 0 Å². The molecular formula is C20H24NO4+. The number of nitrogens with zero attached hydrogens (tertiary/aromatic N) is 1. The number of ether oxygens (including phenoxy) is 4. The summed E-state index contributed by atoms with van der Waals surface area (Å²) in [5.74, 6) is 3.22. The molecule has 1 aliphatic rings. The highest BCUT2D eigenvalue weighted by molar-refractivity contribution is 5.80. The van der Waals surface area contributed by atoms with Crippen LogP contribution in [0.4, 0.5) is 5.69 Å². The van der Waals surface area contributed by atoms with Gasteiger partial charge < -0.3 is 18.9 Å². The molecule has 25 heavy (non-hydrogen) atoms. The lowest BCUT2D eigenvalue weighted by atomic mass is 10.0. The van der Waals surface area contributed by atoms with Crippen molar-refractivity contribution >= 4 is 11.9 Å². The van der Waals surface area contributed by atoms with Crippen molar-refractivity contribution in [2.75, 3.05) is 28.1 Å². The van der Waals surface area contributed by atoms with Crippen LogP contribution in [-0.4, -0.2) is 38.9 Å². The van der Waals surface area contributed by atoms with Crippen LogP contribution in [0.15, 0.2) is 30.3 Å². The Hall–Kier alpha value is -2.69. The Morgan fingerprint density at radius 3 is 2.28 bits per heavy atom. The lowest BCUT2D eigenvalue weighted by Crippen LogP contribution is -2.07. The van der Waals surface area contributed by atoms with Crippen molar-refractivity contribution in [1.29, 1.82) is 0 Å². The van der Waals surface area contributed by atoms with Gasteiger partial charge in [0.25, 0.3) is 12.4 Å². The first-order chi connectivity index (χ1) is 12.1. The summed E-state index contributed by atoms with van der Waals surface area (Å²) >= 11 is 0. The van der Waals surface area contributed by atoms with Crippen LogP contribution in [0.3, 0.4) is 0 Å². The number of hydrogen-bond acceptors (Lipinski definition) is 4. The fourth-order valence-electron chi connectivity index (χ4n) is 3.05. The van der Waals surface area contributed by atoms with Crippen LogP contribution in [0.25, 0.3) is 0 Å². The molecule has 132 valence electrons. The summed E-state index contributed by atoms with van der Waals surface area (Å²) in [5.41, 5.74) is 3.24. The van der Waals surface area contributed by atoms with E-state index in [0.29, 0.717) is 29.9 Å². The molecule has 0 saturated heterocycles. The Balaban J connectivity index is 2.06. The molecule has 0 fully saturated rings. The molecule has 0 spiro atoms. The number of hydrogen-bond donors (Lipinski definition) is 0. The first-order valence-corrected chi connectivity index (χ1v) is 8.26. The van der Waals surface area contributed by atoms with Gasteiger partial charge in [-0.05, 0) is 18.1 Å². The molecule has 5 heteroatoms. The molecule has 1 heterocycles. The minimum atomic E-state index is 0.413. The van der Waals surface area contributed by atoms with E-state index in [1.165, 1.54) is 5.56 Å². The highest BCUT2D eigenvalue weighted by atomic mass is 16.5. The summed E-state index contributed by atoms with van der Waals surface area (Å²) < 4.78 is 24.3. The van der Waals surface area contributed by atoms with Crippen LogP contribution in [0.1, 0.15) is 30.9 Å². The molecule has 0 aromatic heterocycles. The average molecular weight is 342 g/mol. The molecule has 2 aromatic carbocycles. The molecule has 0 unspecified atom stereocenters. The number of para-hydroxylation sites is 1. The molecule has 3 rings (SSSR count). The summed E-state index contributed by atoms with van der Waals surface area (Å²) in [7, 11) is 4.83. The van der Waals surface area contributed by atoms with E-state index in [1.807, 2.05) is 18.3 Å². The van der Waals surface area contributed by atoms with Crippen molar-refractivity contribution < 1.29 is 23.5 Å². The fraction of sp³-hybridized carbons (Fsp3) is 0.350. The Kier molecular flexibility index (Phi) is 4.83. The SMILES string of the molecule is COc1cc(/C=[N+]2/COc3c(C(C)C)cccc32)cc(OC)c1OC. The van der Waals surface area contributed by atoms with Crippen LogP contribution < -0.4 is 18.9 Å². The molecule has 2 aromatic rings. The second kappa shape index (κ2) is 7.05. The molecule has 0 aliphatic carbocycles. The maximum Gasteiger partial charge on any atom is 0.293 e. The molecule has 0 radical (unpaired) electrons. The maximum absolute atomic E-state index is 5.94. The van der Waals surface area contributed by atoms with Gasteiger partial charge in [0.1, 0.15) is 0 Å². The molecular weight excluding hydrogens is 318 g/mol. The van der Waals surface area contributed by atoms with Crippen LogP contribution in [0.2, 0.25) is 0 Å². The number of fused-ring (bicyclic) bond motifs is 1. The lowest BCUT2D eigenvalue weighted by Gasteiger charge is -2.12. The van der Waals surface area contributed by atoms with Crippen molar-refractivity contribution in [3.05, 3.63) is 41.5 Å². The van der Waals surface area contributed by atoms with E-state index in [9.17, 15) is 0 Å². The lowest BCUT2D eigenvalue weighted by molar-refractivity contribution is -0.452. The summed E-state index contributed by atoms with van der Waals surface area (Å²) in [4.78, 5) is 0. The van der Waals surface area contributed by atoms with Gasteiger partial charge in [0, 0.05) is 17.2 Å².